The van der Waals surface area contributed by atoms with Gasteiger partial charge in [0.15, 0.2) is 0 Å². The Morgan fingerprint density at radius 3 is 2.41 bits per heavy atom. The van der Waals surface area contributed by atoms with E-state index < -0.39 is 0 Å². The van der Waals surface area contributed by atoms with Crippen molar-refractivity contribution in [2.24, 2.45) is 0 Å². The van der Waals surface area contributed by atoms with E-state index in [2.05, 4.69) is 32.6 Å². The summed E-state index contributed by atoms with van der Waals surface area (Å²) < 4.78 is 5.58. The molecule has 22 heavy (non-hydrogen) atoms. The molecule has 4 nitrogen and oxygen atoms in total. The first-order chi connectivity index (χ1) is 10.6. The molecule has 114 valence electrons. The first-order valence-corrected chi connectivity index (χ1v) is 7.89. The van der Waals surface area contributed by atoms with Gasteiger partial charge < -0.3 is 10.1 Å². The summed E-state index contributed by atoms with van der Waals surface area (Å²) in [5.74, 6) is -0.422. The van der Waals surface area contributed by atoms with Gasteiger partial charge in [-0.05, 0) is 58.8 Å². The topological polar surface area (TPSA) is 55.4 Å². The fourth-order valence-corrected chi connectivity index (χ4v) is 2.62. The Labute approximate surface area is 143 Å². The van der Waals surface area contributed by atoms with E-state index in [4.69, 9.17) is 0 Å². The third kappa shape index (κ3) is 4.30. The number of benzene rings is 2. The van der Waals surface area contributed by atoms with Crippen LogP contribution in [0, 0.1) is 3.57 Å². The molecule has 5 heteroatoms. The maximum Gasteiger partial charge on any atom is 0.337 e. The van der Waals surface area contributed by atoms with Crippen molar-refractivity contribution < 1.29 is 14.3 Å². The Hall–Kier alpha value is -1.89. The van der Waals surface area contributed by atoms with Gasteiger partial charge in [0.2, 0.25) is 0 Å². The Balaban J connectivity index is 1.87. The summed E-state index contributed by atoms with van der Waals surface area (Å²) in [7, 11) is 1.36. The summed E-state index contributed by atoms with van der Waals surface area (Å²) in [6.07, 6.45) is 0.705. The minimum Gasteiger partial charge on any atom is -0.465 e. The lowest BCUT2D eigenvalue weighted by molar-refractivity contribution is 0.0600. The molecular formula is C17H16INO3. The van der Waals surface area contributed by atoms with Gasteiger partial charge in [0, 0.05) is 10.1 Å². The van der Waals surface area contributed by atoms with Gasteiger partial charge >= 0.3 is 5.97 Å². The van der Waals surface area contributed by atoms with Crippen LogP contribution < -0.4 is 5.32 Å². The van der Waals surface area contributed by atoms with E-state index in [1.807, 2.05) is 36.4 Å². The fourth-order valence-electron chi connectivity index (χ4n) is 1.99. The molecule has 0 spiro atoms. The highest BCUT2D eigenvalue weighted by molar-refractivity contribution is 14.1. The van der Waals surface area contributed by atoms with Gasteiger partial charge in [-0.15, -0.1) is 0 Å². The molecule has 0 aliphatic rings. The third-order valence-corrected chi connectivity index (χ3v) is 4.13. The van der Waals surface area contributed by atoms with Crippen LogP contribution in [0.5, 0.6) is 0 Å². The van der Waals surface area contributed by atoms with Crippen LogP contribution in [0.25, 0.3) is 0 Å². The second-order valence-corrected chi connectivity index (χ2v) is 5.84. The number of nitrogens with one attached hydrogen (secondary N) is 1. The molecular weight excluding hydrogens is 393 g/mol. The number of esters is 1. The molecule has 0 saturated heterocycles. The predicted molar refractivity (Wildman–Crippen MR) is 93.0 cm³/mol. The van der Waals surface area contributed by atoms with Gasteiger partial charge in [0.05, 0.1) is 18.2 Å². The van der Waals surface area contributed by atoms with Gasteiger partial charge in [0.25, 0.3) is 5.91 Å². The number of halogens is 1. The zero-order valence-corrected chi connectivity index (χ0v) is 14.3. The molecule has 0 aliphatic carbocycles. The summed E-state index contributed by atoms with van der Waals surface area (Å²) in [5, 5.41) is 2.90. The summed E-state index contributed by atoms with van der Waals surface area (Å²) >= 11 is 2.15. The Bertz CT molecular complexity index is 668. The SMILES string of the molecule is COC(=O)c1ccc(CCNC(=O)c2ccccc2I)cc1. The highest BCUT2D eigenvalue weighted by atomic mass is 127. The summed E-state index contributed by atoms with van der Waals surface area (Å²) in [6.45, 7) is 0.543. The monoisotopic (exact) mass is 409 g/mol. The number of carbonyl (C=O) groups excluding carboxylic acids is 2. The quantitative estimate of drug-likeness (QED) is 0.610. The largest absolute Gasteiger partial charge is 0.465 e. The molecule has 2 aromatic rings. The highest BCUT2D eigenvalue weighted by Gasteiger charge is 2.08. The standard InChI is InChI=1S/C17H16INO3/c1-22-17(21)13-8-6-12(7-9-13)10-11-19-16(20)14-4-2-3-5-15(14)18/h2-9H,10-11H2,1H3,(H,19,20). The first kappa shape index (κ1) is 16.5. The maximum atomic E-state index is 12.1. The van der Waals surface area contributed by atoms with Crippen LogP contribution in [-0.4, -0.2) is 25.5 Å². The molecule has 0 aromatic heterocycles. The Kier molecular flexibility index (Phi) is 5.94. The van der Waals surface area contributed by atoms with Crippen molar-refractivity contribution in [3.8, 4) is 0 Å². The van der Waals surface area contributed by atoms with Crippen LogP contribution in [0.2, 0.25) is 0 Å². The zero-order valence-electron chi connectivity index (χ0n) is 12.1. The molecule has 1 N–H and O–H groups in total. The second-order valence-electron chi connectivity index (χ2n) is 4.67. The molecule has 0 fully saturated rings. The second kappa shape index (κ2) is 7.93. The molecule has 2 rings (SSSR count). The summed E-state index contributed by atoms with van der Waals surface area (Å²) in [5.41, 5.74) is 2.26. The number of hydrogen-bond acceptors (Lipinski definition) is 3. The Morgan fingerprint density at radius 2 is 1.77 bits per heavy atom. The van der Waals surface area contributed by atoms with Gasteiger partial charge in [-0.25, -0.2) is 4.79 Å². The van der Waals surface area contributed by atoms with E-state index in [0.717, 1.165) is 9.13 Å². The predicted octanol–water partition coefficient (Wildman–Crippen LogP) is 3.05. The van der Waals surface area contributed by atoms with E-state index >= 15 is 0 Å². The van der Waals surface area contributed by atoms with Crippen molar-refractivity contribution in [2.75, 3.05) is 13.7 Å². The van der Waals surface area contributed by atoms with Crippen molar-refractivity contribution in [2.45, 2.75) is 6.42 Å². The fraction of sp³-hybridized carbons (Fsp3) is 0.176. The average molecular weight is 409 g/mol. The number of rotatable bonds is 5. The molecule has 1 amide bonds. The lowest BCUT2D eigenvalue weighted by Gasteiger charge is -2.07. The summed E-state index contributed by atoms with van der Waals surface area (Å²) in [4.78, 5) is 23.4. The van der Waals surface area contributed by atoms with Crippen LogP contribution >= 0.6 is 22.6 Å². The van der Waals surface area contributed by atoms with Crippen LogP contribution in [0.4, 0.5) is 0 Å². The molecule has 2 aromatic carbocycles. The number of methoxy groups -OCH3 is 1. The van der Waals surface area contributed by atoms with Crippen LogP contribution in [0.3, 0.4) is 0 Å². The molecule has 0 radical (unpaired) electrons. The number of amides is 1. The molecule has 0 heterocycles. The molecule has 0 aliphatic heterocycles. The van der Waals surface area contributed by atoms with Crippen LogP contribution in [0.15, 0.2) is 48.5 Å². The van der Waals surface area contributed by atoms with Crippen LogP contribution in [-0.2, 0) is 11.2 Å². The van der Waals surface area contributed by atoms with Crippen molar-refractivity contribution >= 4 is 34.5 Å². The summed E-state index contributed by atoms with van der Waals surface area (Å²) in [6, 6.07) is 14.6. The maximum absolute atomic E-state index is 12.1. The van der Waals surface area contributed by atoms with Gasteiger partial charge in [0.1, 0.15) is 0 Å². The van der Waals surface area contributed by atoms with Crippen molar-refractivity contribution in [3.63, 3.8) is 0 Å². The van der Waals surface area contributed by atoms with E-state index in [1.54, 1.807) is 12.1 Å². The van der Waals surface area contributed by atoms with Crippen molar-refractivity contribution in [1.29, 1.82) is 0 Å². The minimum atomic E-state index is -0.349. The zero-order chi connectivity index (χ0) is 15.9. The molecule has 0 atom stereocenters. The first-order valence-electron chi connectivity index (χ1n) is 6.82. The lowest BCUT2D eigenvalue weighted by Crippen LogP contribution is -2.26. The molecule has 0 unspecified atom stereocenters. The van der Waals surface area contributed by atoms with Gasteiger partial charge in [-0.1, -0.05) is 24.3 Å². The highest BCUT2D eigenvalue weighted by Crippen LogP contribution is 2.11. The number of hydrogen-bond donors (Lipinski definition) is 1. The van der Waals surface area contributed by atoms with E-state index in [0.29, 0.717) is 24.1 Å². The third-order valence-electron chi connectivity index (χ3n) is 3.19. The molecule has 0 saturated carbocycles. The normalized spacial score (nSPS) is 10.1. The minimum absolute atomic E-state index is 0.0730. The average Bonchev–Trinajstić information content (AvgIpc) is 2.55. The van der Waals surface area contributed by atoms with E-state index in [9.17, 15) is 9.59 Å². The Morgan fingerprint density at radius 1 is 1.09 bits per heavy atom. The van der Waals surface area contributed by atoms with Gasteiger partial charge in [-0.2, -0.15) is 0 Å². The number of carbonyl (C=O) groups is 2. The van der Waals surface area contributed by atoms with Crippen LogP contribution in [0.1, 0.15) is 26.3 Å². The van der Waals surface area contributed by atoms with Crippen molar-refractivity contribution in [1.82, 2.24) is 5.32 Å². The number of ether oxygens (including phenoxy) is 1. The van der Waals surface area contributed by atoms with E-state index in [1.165, 1.54) is 7.11 Å². The van der Waals surface area contributed by atoms with E-state index in [-0.39, 0.29) is 11.9 Å². The lowest BCUT2D eigenvalue weighted by atomic mass is 10.1. The van der Waals surface area contributed by atoms with Crippen molar-refractivity contribution in [3.05, 3.63) is 68.8 Å². The molecule has 0 bridgehead atoms. The smallest absolute Gasteiger partial charge is 0.337 e. The van der Waals surface area contributed by atoms with Gasteiger partial charge in [-0.3, -0.25) is 4.79 Å².